The van der Waals surface area contributed by atoms with Crippen LogP contribution in [-0.2, 0) is 52.2 Å². The fourth-order valence-electron chi connectivity index (χ4n) is 4.71. The monoisotopic (exact) mass is 578 g/mol. The van der Waals surface area contributed by atoms with Gasteiger partial charge in [0, 0.05) is 12.3 Å². The predicted molar refractivity (Wildman–Crippen MR) is 137 cm³/mol. The zero-order valence-corrected chi connectivity index (χ0v) is 22.2. The molecule has 0 radical (unpaired) electrons. The van der Waals surface area contributed by atoms with Crippen molar-refractivity contribution in [3.63, 3.8) is 0 Å². The smallest absolute Gasteiger partial charge is 0.338 e. The van der Waals surface area contributed by atoms with Gasteiger partial charge in [0.1, 0.15) is 19.3 Å². The molecule has 2 aromatic rings. The number of carbonyl (C=O) groups excluding carboxylic acids is 3. The molecule has 1 amide bonds. The molecule has 0 spiro atoms. The van der Waals surface area contributed by atoms with Crippen LogP contribution in [-0.4, -0.2) is 80.9 Å². The Kier molecular flexibility index (Phi) is 8.59. The lowest BCUT2D eigenvalue weighted by atomic mass is 9.83. The topological polar surface area (TPSA) is 168 Å². The third kappa shape index (κ3) is 5.78. The molecule has 2 aliphatic heterocycles. The van der Waals surface area contributed by atoms with Crippen molar-refractivity contribution in [2.24, 2.45) is 5.92 Å². The highest BCUT2D eigenvalue weighted by Gasteiger charge is 2.69. The average molecular weight is 579 g/mol. The number of benzene rings is 2. The molecule has 208 valence electrons. The first-order valence-electron chi connectivity index (χ1n) is 11.9. The van der Waals surface area contributed by atoms with E-state index < -0.39 is 58.2 Å². The van der Waals surface area contributed by atoms with Gasteiger partial charge < -0.3 is 19.5 Å². The Morgan fingerprint density at radius 1 is 0.949 bits per heavy atom. The van der Waals surface area contributed by atoms with Gasteiger partial charge in [-0.05, 0) is 17.5 Å². The van der Waals surface area contributed by atoms with E-state index in [1.807, 2.05) is 0 Å². The molecule has 39 heavy (non-hydrogen) atoms. The van der Waals surface area contributed by atoms with Gasteiger partial charge in [-0.2, -0.15) is 12.7 Å². The highest BCUT2D eigenvalue weighted by molar-refractivity contribution is 7.99. The number of carboxylic acid groups (broad SMARTS) is 1. The number of carbonyl (C=O) groups is 4. The van der Waals surface area contributed by atoms with Gasteiger partial charge in [0.2, 0.25) is 5.54 Å². The van der Waals surface area contributed by atoms with E-state index in [4.69, 9.17) is 9.47 Å². The Balaban J connectivity index is 1.76. The van der Waals surface area contributed by atoms with Crippen molar-refractivity contribution < 1.29 is 46.7 Å². The predicted octanol–water partition coefficient (Wildman–Crippen LogP) is 1.32. The number of esters is 2. The summed E-state index contributed by atoms with van der Waals surface area (Å²) in [5.41, 5.74) is -1.82. The van der Waals surface area contributed by atoms with Crippen molar-refractivity contribution in [1.29, 1.82) is 0 Å². The Hall–Kier alpha value is -3.46. The number of thioether (sulfide) groups is 1. The summed E-state index contributed by atoms with van der Waals surface area (Å²) < 4.78 is 46.2. The number of aliphatic carboxylic acids is 1. The molecule has 2 aliphatic rings. The van der Waals surface area contributed by atoms with Crippen LogP contribution in [0.3, 0.4) is 0 Å². The highest BCUT2D eigenvalue weighted by atomic mass is 32.2. The molecule has 0 aromatic heterocycles. The number of carboxylic acids is 1. The van der Waals surface area contributed by atoms with Crippen LogP contribution < -0.4 is 0 Å². The average Bonchev–Trinajstić information content (AvgIpc) is 3.58. The lowest BCUT2D eigenvalue weighted by molar-refractivity contribution is -0.175. The summed E-state index contributed by atoms with van der Waals surface area (Å²) in [6.07, 6.45) is -0.363. The fraction of sp³-hybridized carbons (Fsp3) is 0.360. The largest absolute Gasteiger partial charge is 0.480 e. The summed E-state index contributed by atoms with van der Waals surface area (Å²) in [5, 5.41) is 9.66. The lowest BCUT2D eigenvalue weighted by Crippen LogP contribution is -2.68. The second kappa shape index (κ2) is 11.7. The molecule has 0 aliphatic carbocycles. The zero-order chi connectivity index (χ0) is 28.2. The Morgan fingerprint density at radius 2 is 1.51 bits per heavy atom. The van der Waals surface area contributed by atoms with Crippen LogP contribution >= 0.6 is 11.8 Å². The number of hydrogen-bond donors (Lipinski definition) is 2. The molecule has 0 saturated carbocycles. The van der Waals surface area contributed by atoms with E-state index >= 15 is 0 Å². The normalized spacial score (nSPS) is 23.4. The van der Waals surface area contributed by atoms with Crippen LogP contribution in [0.5, 0.6) is 0 Å². The van der Waals surface area contributed by atoms with E-state index in [9.17, 15) is 37.3 Å². The third-order valence-electron chi connectivity index (χ3n) is 6.58. The second-order valence-corrected chi connectivity index (χ2v) is 11.3. The lowest BCUT2D eigenvalue weighted by Gasteiger charge is -2.38. The minimum absolute atomic E-state index is 0.0226. The van der Waals surface area contributed by atoms with E-state index in [1.165, 1.54) is 0 Å². The summed E-state index contributed by atoms with van der Waals surface area (Å²) in [6, 6.07) is 15.5. The fourth-order valence-corrected chi connectivity index (χ4v) is 6.83. The summed E-state index contributed by atoms with van der Waals surface area (Å²) >= 11 is 1.08. The van der Waals surface area contributed by atoms with Gasteiger partial charge in [-0.25, -0.2) is 9.59 Å². The maximum absolute atomic E-state index is 14.1. The maximum atomic E-state index is 14.1. The van der Waals surface area contributed by atoms with Crippen molar-refractivity contribution >= 4 is 45.9 Å². The van der Waals surface area contributed by atoms with Crippen molar-refractivity contribution in [2.75, 3.05) is 18.2 Å². The molecule has 2 aromatic carbocycles. The molecular formula is C25H26N2O10S2. The highest BCUT2D eigenvalue weighted by Crippen LogP contribution is 2.42. The first kappa shape index (κ1) is 28.5. The number of rotatable bonds is 9. The minimum Gasteiger partial charge on any atom is -0.480 e. The van der Waals surface area contributed by atoms with Gasteiger partial charge in [-0.1, -0.05) is 60.7 Å². The van der Waals surface area contributed by atoms with Crippen LogP contribution in [0.25, 0.3) is 0 Å². The molecule has 2 N–H and O–H groups in total. The Bertz CT molecular complexity index is 1340. The zero-order valence-electron chi connectivity index (χ0n) is 20.5. The van der Waals surface area contributed by atoms with E-state index in [0.29, 0.717) is 11.1 Å². The summed E-state index contributed by atoms with van der Waals surface area (Å²) in [7, 11) is -5.26. The van der Waals surface area contributed by atoms with Crippen LogP contribution in [0.4, 0.5) is 0 Å². The van der Waals surface area contributed by atoms with E-state index in [1.54, 1.807) is 60.7 Å². The standard InChI is InChI=1S/C25H26N2O10S2/c28-21(29)20-15-38-16-26(20)23(31)25(24(32)37-14-18-9-5-2-6-10-18)19(11-12-27(25)39(33,34)35)22(30)36-13-17-7-3-1-4-8-17/h1-10,19-20H,11-16H2,(H,28,29)(H,33,34,35)/t19?,20-,25-/m0/s1. The van der Waals surface area contributed by atoms with E-state index in [2.05, 4.69) is 0 Å². The molecular weight excluding hydrogens is 552 g/mol. The number of ether oxygens (including phenoxy) is 2. The summed E-state index contributed by atoms with van der Waals surface area (Å²) in [5.74, 6) is -7.09. The van der Waals surface area contributed by atoms with Crippen molar-refractivity contribution in [2.45, 2.75) is 31.2 Å². The number of nitrogens with zero attached hydrogens (tertiary/aromatic N) is 2. The molecule has 14 heteroatoms. The molecule has 2 heterocycles. The first-order valence-corrected chi connectivity index (χ1v) is 14.4. The van der Waals surface area contributed by atoms with Gasteiger partial charge in [0.05, 0.1) is 11.8 Å². The molecule has 4 rings (SSSR count). The molecule has 2 fully saturated rings. The molecule has 12 nitrogen and oxygen atoms in total. The van der Waals surface area contributed by atoms with Gasteiger partial charge >= 0.3 is 28.2 Å². The van der Waals surface area contributed by atoms with Crippen LogP contribution in [0.2, 0.25) is 0 Å². The van der Waals surface area contributed by atoms with Crippen LogP contribution in [0.15, 0.2) is 60.7 Å². The summed E-state index contributed by atoms with van der Waals surface area (Å²) in [6.45, 7) is -1.20. The summed E-state index contributed by atoms with van der Waals surface area (Å²) in [4.78, 5) is 54.0. The van der Waals surface area contributed by atoms with Crippen molar-refractivity contribution in [1.82, 2.24) is 9.21 Å². The number of amides is 1. The molecule has 3 atom stereocenters. The van der Waals surface area contributed by atoms with Crippen molar-refractivity contribution in [3.05, 3.63) is 71.8 Å². The van der Waals surface area contributed by atoms with Gasteiger partial charge in [0.15, 0.2) is 0 Å². The van der Waals surface area contributed by atoms with Crippen LogP contribution in [0, 0.1) is 5.92 Å². The Labute approximate surface area is 228 Å². The van der Waals surface area contributed by atoms with Gasteiger partial charge in [-0.3, -0.25) is 14.1 Å². The SMILES string of the molecule is O=C(OCc1ccccc1)C1CCN(S(=O)(=O)O)[C@]1(C(=O)OCc1ccccc1)C(=O)N1CSC[C@H]1C(=O)O. The van der Waals surface area contributed by atoms with Gasteiger partial charge in [-0.15, -0.1) is 11.8 Å². The second-order valence-electron chi connectivity index (χ2n) is 8.94. The maximum Gasteiger partial charge on any atom is 0.338 e. The van der Waals surface area contributed by atoms with Gasteiger partial charge in [0.25, 0.3) is 5.91 Å². The van der Waals surface area contributed by atoms with Crippen molar-refractivity contribution in [3.8, 4) is 0 Å². The first-order chi connectivity index (χ1) is 18.6. The molecule has 2 saturated heterocycles. The quantitative estimate of drug-likeness (QED) is 0.250. The van der Waals surface area contributed by atoms with Crippen LogP contribution in [0.1, 0.15) is 17.5 Å². The number of hydrogen-bond acceptors (Lipinski definition) is 9. The minimum atomic E-state index is -5.26. The van der Waals surface area contributed by atoms with E-state index in [0.717, 1.165) is 16.7 Å². The third-order valence-corrected chi connectivity index (χ3v) is 8.62. The molecule has 0 bridgehead atoms. The Morgan fingerprint density at radius 3 is 2.05 bits per heavy atom. The van der Waals surface area contributed by atoms with E-state index in [-0.39, 0.29) is 35.6 Å². The molecule has 1 unspecified atom stereocenters.